The monoisotopic (exact) mass is 438 g/mol. The second-order valence-corrected chi connectivity index (χ2v) is 7.46. The van der Waals surface area contributed by atoms with Gasteiger partial charge in [-0.3, -0.25) is 0 Å². The lowest BCUT2D eigenvalue weighted by molar-refractivity contribution is 0.440. The zero-order valence-corrected chi connectivity index (χ0v) is 17.6. The van der Waals surface area contributed by atoms with Gasteiger partial charge >= 0.3 is 11.6 Å². The number of halogens is 1. The fourth-order valence-electron chi connectivity index (χ4n) is 3.18. The molecule has 0 fully saturated rings. The number of hydrogen-bond donors (Lipinski definition) is 2. The van der Waals surface area contributed by atoms with Gasteiger partial charge in [0.15, 0.2) is 5.82 Å². The third-order valence-electron chi connectivity index (χ3n) is 4.72. The van der Waals surface area contributed by atoms with Crippen LogP contribution in [-0.2, 0) is 6.42 Å². The zero-order chi connectivity index (χ0) is 21.8. The van der Waals surface area contributed by atoms with E-state index in [-0.39, 0.29) is 12.4 Å². The van der Waals surface area contributed by atoms with E-state index in [1.165, 1.54) is 0 Å². The number of ether oxygens (including phenoxy) is 1. The zero-order valence-electron chi connectivity index (χ0n) is 16.8. The number of rotatable bonds is 7. The van der Waals surface area contributed by atoms with Gasteiger partial charge in [-0.05, 0) is 49.4 Å². The highest BCUT2D eigenvalue weighted by atomic mass is 32.2. The van der Waals surface area contributed by atoms with Crippen molar-refractivity contribution in [1.82, 2.24) is 14.7 Å². The maximum atomic E-state index is 14.9. The van der Waals surface area contributed by atoms with Crippen molar-refractivity contribution in [2.24, 2.45) is 0 Å². The van der Waals surface area contributed by atoms with Gasteiger partial charge in [0, 0.05) is 48.0 Å². The van der Waals surface area contributed by atoms with Gasteiger partial charge in [-0.25, -0.2) is 23.9 Å². The molecule has 0 aliphatic heterocycles. The highest BCUT2D eigenvalue weighted by Crippen LogP contribution is 2.28. The Kier molecular flexibility index (Phi) is 6.15. The van der Waals surface area contributed by atoms with Crippen molar-refractivity contribution in [1.29, 1.82) is 0 Å². The second-order valence-electron chi connectivity index (χ2n) is 6.65. The number of aryl methyl sites for hydroxylation is 1. The molecular formula is C22H19FN4O3S. The van der Waals surface area contributed by atoms with Gasteiger partial charge in [-0.2, -0.15) is 0 Å². The van der Waals surface area contributed by atoms with E-state index in [4.69, 9.17) is 9.15 Å². The summed E-state index contributed by atoms with van der Waals surface area (Å²) in [4.78, 5) is 20.7. The van der Waals surface area contributed by atoms with Gasteiger partial charge in [0.25, 0.3) is 0 Å². The summed E-state index contributed by atoms with van der Waals surface area (Å²) in [5, 5.41) is 0.747. The Balaban J connectivity index is 1.67. The molecule has 0 unspecified atom stereocenters. The van der Waals surface area contributed by atoms with E-state index in [1.807, 2.05) is 6.92 Å². The summed E-state index contributed by atoms with van der Waals surface area (Å²) < 4.78 is 31.7. The van der Waals surface area contributed by atoms with Crippen LogP contribution in [0, 0.1) is 12.7 Å². The molecule has 0 atom stereocenters. The van der Waals surface area contributed by atoms with Crippen molar-refractivity contribution in [3.8, 4) is 11.8 Å². The molecule has 2 N–H and O–H groups in total. The first-order valence-corrected chi connectivity index (χ1v) is 10.3. The average Bonchev–Trinajstić information content (AvgIpc) is 2.77. The first-order valence-electron chi connectivity index (χ1n) is 9.44. The first-order chi connectivity index (χ1) is 15.1. The topological polar surface area (TPSA) is 89.3 Å². The number of aromatic nitrogens is 2. The molecule has 0 aliphatic rings. The molecule has 2 heterocycles. The number of anilines is 1. The highest BCUT2D eigenvalue weighted by molar-refractivity contribution is 7.98. The fraction of sp³-hybridized carbons (Fsp3) is 0.136. The number of fused-ring (bicyclic) bond motifs is 1. The lowest BCUT2D eigenvalue weighted by atomic mass is 9.99. The van der Waals surface area contributed by atoms with E-state index in [9.17, 15) is 9.18 Å². The summed E-state index contributed by atoms with van der Waals surface area (Å²) in [6.07, 6.45) is 3.26. The van der Waals surface area contributed by atoms with Crippen LogP contribution in [0.1, 0.15) is 16.7 Å². The molecule has 31 heavy (non-hydrogen) atoms. The summed E-state index contributed by atoms with van der Waals surface area (Å²) in [6, 6.07) is 12.1. The van der Waals surface area contributed by atoms with Gasteiger partial charge in [0.1, 0.15) is 11.3 Å². The predicted molar refractivity (Wildman–Crippen MR) is 119 cm³/mol. The summed E-state index contributed by atoms with van der Waals surface area (Å²) in [5.41, 5.74) is 1.74. The van der Waals surface area contributed by atoms with E-state index >= 15 is 0 Å². The third kappa shape index (κ3) is 4.52. The minimum absolute atomic E-state index is 0.117. The molecule has 0 saturated carbocycles. The lowest BCUT2D eigenvalue weighted by Crippen LogP contribution is -2.12. The molecule has 0 amide bonds. The van der Waals surface area contributed by atoms with Gasteiger partial charge in [-0.1, -0.05) is 12.1 Å². The van der Waals surface area contributed by atoms with Crippen LogP contribution in [0.5, 0.6) is 11.8 Å². The first kappa shape index (κ1) is 20.8. The number of benzene rings is 2. The number of nitrogens with zero attached hydrogens (tertiary/aromatic N) is 2. The maximum absolute atomic E-state index is 14.9. The van der Waals surface area contributed by atoms with Crippen LogP contribution in [0.25, 0.3) is 11.0 Å². The molecule has 0 bridgehead atoms. The third-order valence-corrected chi connectivity index (χ3v) is 5.25. The van der Waals surface area contributed by atoms with E-state index in [0.29, 0.717) is 28.1 Å². The second kappa shape index (κ2) is 9.15. The van der Waals surface area contributed by atoms with Crippen molar-refractivity contribution in [3.63, 3.8) is 0 Å². The van der Waals surface area contributed by atoms with Crippen LogP contribution < -0.4 is 19.8 Å². The Morgan fingerprint density at radius 1 is 1.16 bits per heavy atom. The van der Waals surface area contributed by atoms with Crippen LogP contribution >= 0.6 is 12.1 Å². The van der Waals surface area contributed by atoms with Crippen molar-refractivity contribution in [2.45, 2.75) is 13.3 Å². The molecule has 7 nitrogen and oxygen atoms in total. The minimum atomic E-state index is -0.513. The van der Waals surface area contributed by atoms with Gasteiger partial charge in [-0.15, -0.1) is 0 Å². The smallest absolute Gasteiger partial charge is 0.340 e. The van der Waals surface area contributed by atoms with Gasteiger partial charge < -0.3 is 13.9 Å². The molecule has 2 aromatic carbocycles. The molecule has 0 aliphatic carbocycles. The minimum Gasteiger partial charge on any atom is -0.424 e. The molecule has 9 heteroatoms. The van der Waals surface area contributed by atoms with Crippen LogP contribution in [-0.4, -0.2) is 17.0 Å². The molecule has 0 radical (unpaired) electrons. The molecule has 4 rings (SSSR count). The summed E-state index contributed by atoms with van der Waals surface area (Å²) >= 11 is 1.16. The quantitative estimate of drug-likeness (QED) is 0.319. The summed E-state index contributed by atoms with van der Waals surface area (Å²) in [5.74, 6) is 0.0385. The average molecular weight is 438 g/mol. The summed E-state index contributed by atoms with van der Waals surface area (Å²) in [6.45, 7) is 1.83. The van der Waals surface area contributed by atoms with E-state index in [1.54, 1.807) is 61.9 Å². The van der Waals surface area contributed by atoms with Gasteiger partial charge in [0.05, 0.1) is 5.69 Å². The molecule has 2 aromatic heterocycles. The molecular weight excluding hydrogens is 419 g/mol. The Hall–Kier alpha value is -3.43. The Morgan fingerprint density at radius 2 is 1.97 bits per heavy atom. The van der Waals surface area contributed by atoms with Crippen molar-refractivity contribution in [3.05, 3.63) is 87.8 Å². The maximum Gasteiger partial charge on any atom is 0.340 e. The highest BCUT2D eigenvalue weighted by Gasteiger charge is 2.16. The van der Waals surface area contributed by atoms with Crippen LogP contribution in [0.2, 0.25) is 0 Å². The summed E-state index contributed by atoms with van der Waals surface area (Å²) in [7, 11) is 1.73. The number of hydrogen-bond acceptors (Lipinski definition) is 8. The largest absolute Gasteiger partial charge is 0.424 e. The van der Waals surface area contributed by atoms with Crippen LogP contribution in [0.4, 0.5) is 10.1 Å². The van der Waals surface area contributed by atoms with E-state index in [0.717, 1.165) is 23.1 Å². The van der Waals surface area contributed by atoms with Gasteiger partial charge in [0.2, 0.25) is 0 Å². The van der Waals surface area contributed by atoms with E-state index in [2.05, 4.69) is 19.4 Å². The Morgan fingerprint density at radius 3 is 2.74 bits per heavy atom. The van der Waals surface area contributed by atoms with Crippen molar-refractivity contribution in [2.75, 3.05) is 11.8 Å². The van der Waals surface area contributed by atoms with Crippen molar-refractivity contribution < 1.29 is 13.5 Å². The Labute approximate surface area is 182 Å². The van der Waals surface area contributed by atoms with E-state index < -0.39 is 11.4 Å². The molecule has 4 aromatic rings. The fourth-order valence-corrected chi connectivity index (χ4v) is 3.55. The molecule has 158 valence electrons. The lowest BCUT2D eigenvalue weighted by Gasteiger charge is -2.12. The molecule has 0 spiro atoms. The van der Waals surface area contributed by atoms with Crippen LogP contribution in [0.3, 0.4) is 0 Å². The number of nitrogens with one attached hydrogen (secondary N) is 2. The van der Waals surface area contributed by atoms with Crippen LogP contribution in [0.15, 0.2) is 64.1 Å². The van der Waals surface area contributed by atoms with Crippen molar-refractivity contribution >= 4 is 28.8 Å². The predicted octanol–water partition coefficient (Wildman–Crippen LogP) is 4.61. The Bertz CT molecular complexity index is 1280. The normalized spacial score (nSPS) is 10.9. The molecule has 0 saturated heterocycles. The SMILES string of the molecule is CNSNc1cccc(Cc2c(C)c3ccc(Oc4ncccn4)cc3oc2=O)c1F. The standard InChI is InChI=1S/C22H19FN4O3S/c1-13-16-8-7-15(29-22-25-9-4-10-26-22)12-19(16)30-21(28)17(13)11-14-5-3-6-18(20(14)23)27-31-24-2/h3-10,12,24,27H,11H2,1-2H3.